The number of carbonyl (C=O) groups excluding carboxylic acids is 2. The van der Waals surface area contributed by atoms with Crippen molar-refractivity contribution in [2.45, 2.75) is 19.6 Å². The van der Waals surface area contributed by atoms with Crippen molar-refractivity contribution in [3.05, 3.63) is 76.7 Å². The Morgan fingerprint density at radius 3 is 2.62 bits per heavy atom. The molecule has 0 spiro atoms. The van der Waals surface area contributed by atoms with Gasteiger partial charge < -0.3 is 19.9 Å². The number of hydrogen-bond donors (Lipinski definition) is 3. The van der Waals surface area contributed by atoms with Gasteiger partial charge in [0, 0.05) is 22.7 Å². The first kappa shape index (κ1) is 25.4. The summed E-state index contributed by atoms with van der Waals surface area (Å²) in [5.41, 5.74) is 2.28. The fraction of sp³-hybridized carbons (Fsp3) is 0.167. The topological polar surface area (TPSA) is 161 Å². The number of carboxylic acid groups (broad SMARTS) is 1. The molecule has 0 saturated heterocycles. The van der Waals surface area contributed by atoms with Gasteiger partial charge in [0.2, 0.25) is 5.91 Å². The van der Waals surface area contributed by atoms with Crippen LogP contribution in [-0.4, -0.2) is 55.3 Å². The molecule has 0 fully saturated rings. The number of aromatic amines is 1. The number of amides is 1. The molecule has 13 heteroatoms. The number of carbonyl (C=O) groups is 3. The maximum atomic E-state index is 12.3. The molecule has 0 aliphatic heterocycles. The van der Waals surface area contributed by atoms with Crippen molar-refractivity contribution in [3.63, 3.8) is 0 Å². The summed E-state index contributed by atoms with van der Waals surface area (Å²) < 4.78 is 12.0. The number of benzene rings is 2. The van der Waals surface area contributed by atoms with Gasteiger partial charge in [-0.1, -0.05) is 16.8 Å². The molecule has 0 radical (unpaired) electrons. The van der Waals surface area contributed by atoms with Crippen molar-refractivity contribution in [2.75, 3.05) is 12.4 Å². The van der Waals surface area contributed by atoms with Crippen LogP contribution >= 0.6 is 11.6 Å². The van der Waals surface area contributed by atoms with Crippen LogP contribution < -0.4 is 10.1 Å². The molecule has 0 saturated carbocycles. The number of anilines is 1. The summed E-state index contributed by atoms with van der Waals surface area (Å²) in [5, 5.41) is 26.9. The number of aromatic carboxylic acids is 1. The van der Waals surface area contributed by atoms with E-state index in [9.17, 15) is 14.4 Å². The number of hydrogen-bond acceptors (Lipinski definition) is 8. The van der Waals surface area contributed by atoms with Gasteiger partial charge in [-0.15, -0.1) is 5.10 Å². The van der Waals surface area contributed by atoms with Crippen LogP contribution in [0.2, 0.25) is 5.02 Å². The van der Waals surface area contributed by atoms with Crippen molar-refractivity contribution in [2.24, 2.45) is 0 Å². The van der Waals surface area contributed by atoms with E-state index in [4.69, 9.17) is 21.4 Å². The van der Waals surface area contributed by atoms with Gasteiger partial charge in [-0.05, 0) is 48.5 Å². The third kappa shape index (κ3) is 6.49. The Bertz CT molecular complexity index is 1430. The molecule has 2 aromatic heterocycles. The summed E-state index contributed by atoms with van der Waals surface area (Å²) in [5.74, 6) is -1.39. The minimum Gasteiger partial charge on any atom is -0.486 e. The molecule has 0 bridgehead atoms. The summed E-state index contributed by atoms with van der Waals surface area (Å²) in [7, 11) is 1.30. The summed E-state index contributed by atoms with van der Waals surface area (Å²) >= 11 is 6.11. The van der Waals surface area contributed by atoms with E-state index in [1.54, 1.807) is 48.7 Å². The van der Waals surface area contributed by atoms with E-state index in [0.717, 1.165) is 0 Å². The molecule has 190 valence electrons. The van der Waals surface area contributed by atoms with Crippen molar-refractivity contribution >= 4 is 35.1 Å². The number of methoxy groups -OCH3 is 1. The Balaban J connectivity index is 1.32. The fourth-order valence-electron chi connectivity index (χ4n) is 3.31. The highest BCUT2D eigenvalue weighted by Gasteiger charge is 2.15. The maximum Gasteiger partial charge on any atom is 0.353 e. The fourth-order valence-corrected chi connectivity index (χ4v) is 3.48. The first-order chi connectivity index (χ1) is 17.8. The zero-order valence-electron chi connectivity index (χ0n) is 19.5. The molecule has 0 aliphatic carbocycles. The van der Waals surface area contributed by atoms with E-state index in [2.05, 4.69) is 30.6 Å². The van der Waals surface area contributed by atoms with Gasteiger partial charge in [0.15, 0.2) is 0 Å². The first-order valence-electron chi connectivity index (χ1n) is 10.9. The number of aromatic nitrogens is 5. The molecule has 0 unspecified atom stereocenters. The molecule has 2 heterocycles. The zero-order valence-corrected chi connectivity index (χ0v) is 20.2. The molecule has 4 aromatic rings. The predicted octanol–water partition coefficient (Wildman–Crippen LogP) is 3.41. The Labute approximate surface area is 215 Å². The number of ether oxygens (including phenoxy) is 2. The Kier molecular flexibility index (Phi) is 7.79. The van der Waals surface area contributed by atoms with Crippen molar-refractivity contribution in [1.82, 2.24) is 25.2 Å². The molecule has 4 rings (SSSR count). The Morgan fingerprint density at radius 1 is 1.14 bits per heavy atom. The average Bonchev–Trinajstić information content (AvgIpc) is 3.57. The third-order valence-corrected chi connectivity index (χ3v) is 5.38. The van der Waals surface area contributed by atoms with Gasteiger partial charge in [0.1, 0.15) is 23.7 Å². The molecule has 1 amide bonds. The number of H-pyrrole nitrogens is 1. The molecule has 0 aliphatic rings. The highest BCUT2D eigenvalue weighted by Crippen LogP contribution is 2.32. The van der Waals surface area contributed by atoms with Crippen LogP contribution in [0, 0.1) is 0 Å². The van der Waals surface area contributed by atoms with Gasteiger partial charge in [-0.3, -0.25) is 14.6 Å². The zero-order chi connectivity index (χ0) is 26.4. The van der Waals surface area contributed by atoms with Crippen LogP contribution in [0.5, 0.6) is 5.75 Å². The van der Waals surface area contributed by atoms with Crippen molar-refractivity contribution < 1.29 is 29.0 Å². The summed E-state index contributed by atoms with van der Waals surface area (Å²) in [4.78, 5) is 34.9. The molecular weight excluding hydrogens is 504 g/mol. The molecule has 37 heavy (non-hydrogen) atoms. The summed E-state index contributed by atoms with van der Waals surface area (Å²) in [6, 6.07) is 12.7. The largest absolute Gasteiger partial charge is 0.486 e. The lowest BCUT2D eigenvalue weighted by atomic mass is 10.1. The highest BCUT2D eigenvalue weighted by molar-refractivity contribution is 6.31. The van der Waals surface area contributed by atoms with Gasteiger partial charge in [-0.2, -0.15) is 5.10 Å². The van der Waals surface area contributed by atoms with Crippen LogP contribution in [0.4, 0.5) is 5.69 Å². The normalized spacial score (nSPS) is 10.6. The maximum absolute atomic E-state index is 12.3. The van der Waals surface area contributed by atoms with Crippen LogP contribution in [-0.2, 0) is 22.7 Å². The number of esters is 1. The lowest BCUT2D eigenvalue weighted by Crippen LogP contribution is -2.15. The lowest BCUT2D eigenvalue weighted by molar-refractivity contribution is -0.116. The van der Waals surface area contributed by atoms with Crippen LogP contribution in [0.25, 0.3) is 11.3 Å². The molecule has 0 atom stereocenters. The van der Waals surface area contributed by atoms with Gasteiger partial charge in [-0.25, -0.2) is 9.59 Å². The minimum absolute atomic E-state index is 0.0638. The van der Waals surface area contributed by atoms with Gasteiger partial charge >= 0.3 is 11.9 Å². The highest BCUT2D eigenvalue weighted by atomic mass is 35.5. The Morgan fingerprint density at radius 2 is 1.92 bits per heavy atom. The smallest absolute Gasteiger partial charge is 0.353 e. The van der Waals surface area contributed by atoms with Crippen molar-refractivity contribution in [3.8, 4) is 17.0 Å². The molecule has 2 aromatic carbocycles. The number of aryl methyl sites for hydroxylation is 1. The first-order valence-corrected chi connectivity index (χ1v) is 11.3. The third-order valence-electron chi connectivity index (χ3n) is 5.15. The van der Waals surface area contributed by atoms with E-state index >= 15 is 0 Å². The quantitative estimate of drug-likeness (QED) is 0.264. The van der Waals surface area contributed by atoms with Crippen LogP contribution in [0.15, 0.2) is 54.7 Å². The van der Waals surface area contributed by atoms with Gasteiger partial charge in [0.25, 0.3) is 0 Å². The van der Waals surface area contributed by atoms with E-state index in [-0.39, 0.29) is 31.2 Å². The van der Waals surface area contributed by atoms with E-state index < -0.39 is 11.9 Å². The second-order valence-electron chi connectivity index (χ2n) is 7.74. The average molecular weight is 525 g/mol. The number of carboxylic acids is 1. The van der Waals surface area contributed by atoms with Crippen LogP contribution in [0.3, 0.4) is 0 Å². The number of halogens is 1. The number of rotatable bonds is 10. The molecule has 3 N–H and O–H groups in total. The SMILES string of the molecule is COC(=O)c1ccc(NC(=O)CCn2cc(COc3ccc(Cl)cc3-c3cc(C(=O)O)[nH]n3)nn2)cc1. The van der Waals surface area contributed by atoms with Gasteiger partial charge in [0.05, 0.1) is 31.1 Å². The predicted molar refractivity (Wildman–Crippen MR) is 131 cm³/mol. The van der Waals surface area contributed by atoms with E-state index in [0.29, 0.717) is 39.0 Å². The van der Waals surface area contributed by atoms with Crippen molar-refractivity contribution in [1.29, 1.82) is 0 Å². The second-order valence-corrected chi connectivity index (χ2v) is 8.18. The number of nitrogens with one attached hydrogen (secondary N) is 2. The minimum atomic E-state index is -1.13. The van der Waals surface area contributed by atoms with Crippen LogP contribution in [0.1, 0.15) is 33.0 Å². The standard InChI is InChI=1S/C24H21ClN6O6/c1-36-24(35)14-2-5-16(6-3-14)26-22(32)8-9-31-12-17(27-30-31)13-37-21-7-4-15(25)10-18(21)19-11-20(23(33)34)29-28-19/h2-7,10-12H,8-9,13H2,1H3,(H,26,32)(H,28,29)(H,33,34). The molecular formula is C24H21ClN6O6. The monoisotopic (exact) mass is 524 g/mol. The lowest BCUT2D eigenvalue weighted by Gasteiger charge is -2.09. The summed E-state index contributed by atoms with van der Waals surface area (Å²) in [6.07, 6.45) is 1.81. The Hall–Kier alpha value is -4.71. The number of nitrogens with zero attached hydrogens (tertiary/aromatic N) is 4. The summed E-state index contributed by atoms with van der Waals surface area (Å²) in [6.45, 7) is 0.361. The second kappa shape index (κ2) is 11.4. The van der Waals surface area contributed by atoms with E-state index in [1.807, 2.05) is 0 Å². The molecule has 12 nitrogen and oxygen atoms in total. The van der Waals surface area contributed by atoms with E-state index in [1.165, 1.54) is 17.9 Å².